The molecule has 0 radical (unpaired) electrons. The topological polar surface area (TPSA) is 36.9 Å². The van der Waals surface area contributed by atoms with Crippen molar-refractivity contribution < 1.29 is 4.42 Å². The van der Waals surface area contributed by atoms with Crippen LogP contribution in [0.25, 0.3) is 0 Å². The molecule has 0 aliphatic heterocycles. The van der Waals surface area contributed by atoms with Crippen molar-refractivity contribution in [2.75, 3.05) is 0 Å². The number of aryl methyl sites for hydroxylation is 1. The zero-order valence-corrected chi connectivity index (χ0v) is 10.5. The van der Waals surface area contributed by atoms with Crippen molar-refractivity contribution in [3.8, 4) is 6.07 Å². The molecule has 0 aliphatic rings. The Hall–Kier alpha value is -1.72. The number of benzene rings is 1. The van der Waals surface area contributed by atoms with Crippen LogP contribution in [0.1, 0.15) is 24.0 Å². The van der Waals surface area contributed by atoms with E-state index in [4.69, 9.17) is 16.0 Å². The van der Waals surface area contributed by atoms with Crippen molar-refractivity contribution in [1.82, 2.24) is 0 Å². The third-order valence-corrected chi connectivity index (χ3v) is 3.13. The summed E-state index contributed by atoms with van der Waals surface area (Å²) >= 11 is 5.85. The molecule has 0 N–H and O–H groups in total. The Kier molecular flexibility index (Phi) is 2.95. The molecule has 0 aliphatic carbocycles. The van der Waals surface area contributed by atoms with E-state index in [-0.39, 0.29) is 0 Å². The molecule has 0 amide bonds. The van der Waals surface area contributed by atoms with Gasteiger partial charge in [0, 0.05) is 5.02 Å². The Morgan fingerprint density at radius 1 is 1.18 bits per heavy atom. The molecule has 0 saturated carbocycles. The van der Waals surface area contributed by atoms with Gasteiger partial charge in [-0.2, -0.15) is 5.26 Å². The van der Waals surface area contributed by atoms with Crippen LogP contribution in [0.3, 0.4) is 0 Å². The normalized spacial score (nSPS) is 14.0. The summed E-state index contributed by atoms with van der Waals surface area (Å²) in [7, 11) is 0. The average Bonchev–Trinajstić information content (AvgIpc) is 2.76. The van der Waals surface area contributed by atoms with Gasteiger partial charge in [0.25, 0.3) is 0 Å². The van der Waals surface area contributed by atoms with Crippen molar-refractivity contribution in [2.24, 2.45) is 0 Å². The van der Waals surface area contributed by atoms with Gasteiger partial charge in [-0.15, -0.1) is 0 Å². The lowest BCUT2D eigenvalue weighted by Crippen LogP contribution is -2.20. The van der Waals surface area contributed by atoms with Crippen molar-refractivity contribution in [3.05, 3.63) is 58.5 Å². The van der Waals surface area contributed by atoms with Gasteiger partial charge >= 0.3 is 0 Å². The number of hydrogen-bond acceptors (Lipinski definition) is 2. The Morgan fingerprint density at radius 3 is 2.29 bits per heavy atom. The van der Waals surface area contributed by atoms with E-state index in [1.165, 1.54) is 0 Å². The lowest BCUT2D eigenvalue weighted by molar-refractivity contribution is 0.439. The SMILES string of the molecule is Cc1ccc(C(C)(C#N)c2ccc(Cl)cc2)o1. The van der Waals surface area contributed by atoms with Crippen LogP contribution in [0, 0.1) is 18.3 Å². The summed E-state index contributed by atoms with van der Waals surface area (Å²) in [4.78, 5) is 0. The van der Waals surface area contributed by atoms with E-state index in [9.17, 15) is 5.26 Å². The second-order valence-electron chi connectivity index (χ2n) is 4.15. The molecule has 0 bridgehead atoms. The summed E-state index contributed by atoms with van der Waals surface area (Å²) in [6.45, 7) is 3.71. The second kappa shape index (κ2) is 4.27. The number of rotatable bonds is 2. The van der Waals surface area contributed by atoms with Crippen LogP contribution in [0.15, 0.2) is 40.8 Å². The smallest absolute Gasteiger partial charge is 0.137 e. The highest BCUT2D eigenvalue weighted by Crippen LogP contribution is 2.33. The van der Waals surface area contributed by atoms with E-state index >= 15 is 0 Å². The molecule has 2 rings (SSSR count). The molecule has 1 heterocycles. The molecule has 0 spiro atoms. The summed E-state index contributed by atoms with van der Waals surface area (Å²) in [5, 5.41) is 10.1. The van der Waals surface area contributed by atoms with Crippen LogP contribution < -0.4 is 0 Å². The summed E-state index contributed by atoms with van der Waals surface area (Å²) in [5.41, 5.74) is 0.0949. The van der Waals surface area contributed by atoms with E-state index < -0.39 is 5.41 Å². The van der Waals surface area contributed by atoms with Crippen LogP contribution in [0.4, 0.5) is 0 Å². The predicted molar refractivity (Wildman–Crippen MR) is 67.0 cm³/mol. The number of nitriles is 1. The van der Waals surface area contributed by atoms with Crippen LogP contribution in [-0.2, 0) is 5.41 Å². The molecule has 0 saturated heterocycles. The van der Waals surface area contributed by atoms with Gasteiger partial charge in [0.2, 0.25) is 0 Å². The summed E-state index contributed by atoms with van der Waals surface area (Å²) < 4.78 is 5.57. The fourth-order valence-corrected chi connectivity index (χ4v) is 1.87. The van der Waals surface area contributed by atoms with E-state index in [0.29, 0.717) is 10.8 Å². The molecule has 1 aromatic carbocycles. The van der Waals surface area contributed by atoms with Gasteiger partial charge in [0.05, 0.1) is 6.07 Å². The first-order chi connectivity index (χ1) is 8.06. The maximum atomic E-state index is 9.43. The fourth-order valence-electron chi connectivity index (χ4n) is 1.75. The Morgan fingerprint density at radius 2 is 1.82 bits per heavy atom. The quantitative estimate of drug-likeness (QED) is 0.800. The minimum atomic E-state index is -0.779. The molecular formula is C14H12ClNO. The van der Waals surface area contributed by atoms with E-state index in [2.05, 4.69) is 6.07 Å². The number of furan rings is 1. The van der Waals surface area contributed by atoms with Gasteiger partial charge in [0.15, 0.2) is 0 Å². The monoisotopic (exact) mass is 245 g/mol. The molecule has 1 atom stereocenters. The third-order valence-electron chi connectivity index (χ3n) is 2.88. The summed E-state index contributed by atoms with van der Waals surface area (Å²) in [6.07, 6.45) is 0. The van der Waals surface area contributed by atoms with Crippen LogP contribution in [-0.4, -0.2) is 0 Å². The second-order valence-corrected chi connectivity index (χ2v) is 4.59. The first-order valence-corrected chi connectivity index (χ1v) is 5.68. The third kappa shape index (κ3) is 2.07. The highest BCUT2D eigenvalue weighted by Gasteiger charge is 2.32. The fraction of sp³-hybridized carbons (Fsp3) is 0.214. The lowest BCUT2D eigenvalue weighted by atomic mass is 9.82. The lowest BCUT2D eigenvalue weighted by Gasteiger charge is -2.19. The van der Waals surface area contributed by atoms with Gasteiger partial charge in [0.1, 0.15) is 16.9 Å². The number of nitrogens with zero attached hydrogens (tertiary/aromatic N) is 1. The average molecular weight is 246 g/mol. The van der Waals surface area contributed by atoms with E-state index in [0.717, 1.165) is 11.3 Å². The van der Waals surface area contributed by atoms with Crippen molar-refractivity contribution >= 4 is 11.6 Å². The summed E-state index contributed by atoms with van der Waals surface area (Å²) in [5.74, 6) is 1.45. The molecular weight excluding hydrogens is 234 g/mol. The molecule has 3 heteroatoms. The zero-order chi connectivity index (χ0) is 12.5. The van der Waals surface area contributed by atoms with Crippen molar-refractivity contribution in [1.29, 1.82) is 5.26 Å². The Labute approximate surface area is 105 Å². The van der Waals surface area contributed by atoms with Gasteiger partial charge < -0.3 is 4.42 Å². The molecule has 86 valence electrons. The first kappa shape index (κ1) is 11.8. The standard InChI is InChI=1S/C14H12ClNO/c1-10-3-8-13(17-10)14(2,9-16)11-4-6-12(15)7-5-11/h3-8H,1-2H3. The highest BCUT2D eigenvalue weighted by molar-refractivity contribution is 6.30. The molecule has 1 unspecified atom stereocenters. The maximum Gasteiger partial charge on any atom is 0.137 e. The largest absolute Gasteiger partial charge is 0.464 e. The van der Waals surface area contributed by atoms with Crippen LogP contribution in [0.5, 0.6) is 0 Å². The Bertz CT molecular complexity index is 565. The van der Waals surface area contributed by atoms with E-state index in [1.807, 2.05) is 38.1 Å². The van der Waals surface area contributed by atoms with Gasteiger partial charge in [-0.1, -0.05) is 23.7 Å². The maximum absolute atomic E-state index is 9.43. The van der Waals surface area contributed by atoms with Gasteiger partial charge in [-0.05, 0) is 43.7 Å². The van der Waals surface area contributed by atoms with E-state index in [1.54, 1.807) is 12.1 Å². The summed E-state index contributed by atoms with van der Waals surface area (Å²) in [6, 6.07) is 13.3. The molecule has 2 aromatic rings. The van der Waals surface area contributed by atoms with Gasteiger partial charge in [-0.3, -0.25) is 0 Å². The van der Waals surface area contributed by atoms with Crippen LogP contribution >= 0.6 is 11.6 Å². The zero-order valence-electron chi connectivity index (χ0n) is 9.70. The predicted octanol–water partition coefficient (Wildman–Crippen LogP) is 4.07. The molecule has 2 nitrogen and oxygen atoms in total. The minimum absolute atomic E-state index is 0.653. The van der Waals surface area contributed by atoms with Gasteiger partial charge in [-0.25, -0.2) is 0 Å². The number of halogens is 1. The molecule has 17 heavy (non-hydrogen) atoms. The van der Waals surface area contributed by atoms with Crippen molar-refractivity contribution in [3.63, 3.8) is 0 Å². The Balaban J connectivity index is 2.52. The van der Waals surface area contributed by atoms with Crippen molar-refractivity contribution in [2.45, 2.75) is 19.3 Å². The first-order valence-electron chi connectivity index (χ1n) is 5.30. The van der Waals surface area contributed by atoms with Crippen LogP contribution in [0.2, 0.25) is 5.02 Å². The molecule has 0 fully saturated rings. The minimum Gasteiger partial charge on any atom is -0.464 e. The molecule has 1 aromatic heterocycles. The highest BCUT2D eigenvalue weighted by atomic mass is 35.5. The number of hydrogen-bond donors (Lipinski definition) is 0.